The molecule has 0 atom stereocenters. The minimum absolute atomic E-state index is 0.538. The Morgan fingerprint density at radius 1 is 0.450 bits per heavy atom. The smallest absolute Gasteiger partial charge is 0.0710 e. The van der Waals surface area contributed by atoms with Gasteiger partial charge in [0.1, 0.15) is 4.75 Å². The van der Waals surface area contributed by atoms with Crippen LogP contribution in [0.2, 0.25) is 0 Å². The molecule has 0 heterocycles. The summed E-state index contributed by atoms with van der Waals surface area (Å²) in [5.41, 5.74) is 3.40. The summed E-state index contributed by atoms with van der Waals surface area (Å²) in [4.78, 5) is 0. The number of hydrogen-bond donors (Lipinski definition) is 0. The molecule has 0 aliphatic heterocycles. The van der Waals surface area contributed by atoms with Crippen LogP contribution in [0.15, 0.2) is 91.0 Å². The molecule has 0 saturated heterocycles. The molecule has 0 spiro atoms. The summed E-state index contributed by atoms with van der Waals surface area (Å²) in [6.07, 6.45) is 0. The maximum atomic E-state index is 6.10. The van der Waals surface area contributed by atoms with Crippen molar-refractivity contribution in [2.75, 3.05) is 0 Å². The highest BCUT2D eigenvalue weighted by atomic mass is 32.1. The van der Waals surface area contributed by atoms with Crippen LogP contribution in [0, 0.1) is 0 Å². The van der Waals surface area contributed by atoms with Gasteiger partial charge in [-0.15, -0.1) is 0 Å². The lowest BCUT2D eigenvalue weighted by molar-refractivity contribution is 0.905. The molecule has 0 amide bonds. The third-order valence-electron chi connectivity index (χ3n) is 3.54. The predicted octanol–water partition coefficient (Wildman–Crippen LogP) is 5.18. The zero-order valence-electron chi connectivity index (χ0n) is 11.1. The number of hydrogen-bond acceptors (Lipinski definition) is 0. The van der Waals surface area contributed by atoms with Gasteiger partial charge >= 0.3 is 0 Å². The summed E-state index contributed by atoms with van der Waals surface area (Å²) in [6, 6.07) is 31.0. The lowest BCUT2D eigenvalue weighted by Gasteiger charge is -2.29. The Hall–Kier alpha value is -1.99. The van der Waals surface area contributed by atoms with Crippen LogP contribution in [0.5, 0.6) is 0 Å². The van der Waals surface area contributed by atoms with Crippen molar-refractivity contribution in [3.05, 3.63) is 108 Å². The van der Waals surface area contributed by atoms with E-state index in [0.29, 0.717) is 0 Å². The molecule has 0 saturated carbocycles. The van der Waals surface area contributed by atoms with E-state index in [1.54, 1.807) is 0 Å². The molecule has 0 aliphatic carbocycles. The molecule has 0 fully saturated rings. The SMILES string of the molecule is [S]C(c1ccccc1)(c1ccccc1)c1ccccc1. The molecule has 1 radical (unpaired) electrons. The van der Waals surface area contributed by atoms with E-state index < -0.39 is 4.75 Å². The van der Waals surface area contributed by atoms with Crippen LogP contribution in [0.4, 0.5) is 0 Å². The first-order valence-corrected chi connectivity index (χ1v) is 7.09. The Morgan fingerprint density at radius 3 is 0.950 bits per heavy atom. The molecule has 0 N–H and O–H groups in total. The van der Waals surface area contributed by atoms with E-state index in [0.717, 1.165) is 16.7 Å². The molecule has 0 bridgehead atoms. The number of rotatable bonds is 3. The Bertz CT molecular complexity index is 563. The monoisotopic (exact) mass is 275 g/mol. The molecule has 97 valence electrons. The highest BCUT2D eigenvalue weighted by Gasteiger charge is 2.32. The van der Waals surface area contributed by atoms with Crippen LogP contribution in [0.25, 0.3) is 0 Å². The lowest BCUT2D eigenvalue weighted by Crippen LogP contribution is -2.22. The van der Waals surface area contributed by atoms with E-state index in [4.69, 9.17) is 12.6 Å². The largest absolute Gasteiger partial charge is 0.101 e. The minimum Gasteiger partial charge on any atom is -0.0710 e. The highest BCUT2D eigenvalue weighted by molar-refractivity contribution is 7.81. The first-order chi connectivity index (χ1) is 9.82. The Morgan fingerprint density at radius 2 is 0.700 bits per heavy atom. The van der Waals surface area contributed by atoms with E-state index in [1.807, 2.05) is 54.6 Å². The van der Waals surface area contributed by atoms with Crippen LogP contribution >= 0.6 is 12.6 Å². The number of benzene rings is 3. The van der Waals surface area contributed by atoms with Gasteiger partial charge in [0.05, 0.1) is 0 Å². The molecule has 20 heavy (non-hydrogen) atoms. The third kappa shape index (κ3) is 2.25. The van der Waals surface area contributed by atoms with Gasteiger partial charge in [-0.3, -0.25) is 0 Å². The first kappa shape index (κ1) is 13.0. The van der Waals surface area contributed by atoms with Crippen molar-refractivity contribution in [1.82, 2.24) is 0 Å². The lowest BCUT2D eigenvalue weighted by atomic mass is 9.84. The summed E-state index contributed by atoms with van der Waals surface area (Å²) in [5.74, 6) is 0. The standard InChI is InChI=1S/C19H15S/c20-19(16-10-4-1-5-11-16,17-12-6-2-7-13-17)18-14-8-3-9-15-18/h1-15H. The van der Waals surface area contributed by atoms with Crippen molar-refractivity contribution >= 4 is 12.6 Å². The van der Waals surface area contributed by atoms with Gasteiger partial charge in [0.15, 0.2) is 0 Å². The van der Waals surface area contributed by atoms with Crippen molar-refractivity contribution < 1.29 is 0 Å². The van der Waals surface area contributed by atoms with Gasteiger partial charge in [-0.25, -0.2) is 0 Å². The summed E-state index contributed by atoms with van der Waals surface area (Å²) < 4.78 is -0.538. The summed E-state index contributed by atoms with van der Waals surface area (Å²) in [7, 11) is 0. The molecule has 0 nitrogen and oxygen atoms in total. The van der Waals surface area contributed by atoms with Crippen molar-refractivity contribution in [2.45, 2.75) is 4.75 Å². The van der Waals surface area contributed by atoms with Gasteiger partial charge in [-0.05, 0) is 16.7 Å². The van der Waals surface area contributed by atoms with Crippen molar-refractivity contribution in [2.24, 2.45) is 0 Å². The molecular weight excluding hydrogens is 260 g/mol. The van der Waals surface area contributed by atoms with E-state index >= 15 is 0 Å². The minimum atomic E-state index is -0.538. The fourth-order valence-corrected chi connectivity index (χ4v) is 2.93. The molecule has 0 unspecified atom stereocenters. The second-order valence-corrected chi connectivity index (χ2v) is 5.39. The second kappa shape index (κ2) is 5.56. The zero-order chi connectivity index (χ0) is 13.8. The Labute approximate surface area is 125 Å². The highest BCUT2D eigenvalue weighted by Crippen LogP contribution is 2.42. The van der Waals surface area contributed by atoms with Gasteiger partial charge in [0, 0.05) is 0 Å². The van der Waals surface area contributed by atoms with Crippen LogP contribution in [0.1, 0.15) is 16.7 Å². The topological polar surface area (TPSA) is 0 Å². The average Bonchev–Trinajstić information content (AvgIpc) is 2.56. The van der Waals surface area contributed by atoms with E-state index in [-0.39, 0.29) is 0 Å². The maximum absolute atomic E-state index is 6.10. The predicted molar refractivity (Wildman–Crippen MR) is 86.8 cm³/mol. The quantitative estimate of drug-likeness (QED) is 0.578. The average molecular weight is 275 g/mol. The summed E-state index contributed by atoms with van der Waals surface area (Å²) in [6.45, 7) is 0. The van der Waals surface area contributed by atoms with E-state index in [9.17, 15) is 0 Å². The molecule has 0 aromatic heterocycles. The summed E-state index contributed by atoms with van der Waals surface area (Å²) >= 11 is 6.10. The molecular formula is C19H15S. The fourth-order valence-electron chi connectivity index (χ4n) is 2.52. The van der Waals surface area contributed by atoms with Gasteiger partial charge in [-0.1, -0.05) is 104 Å². The van der Waals surface area contributed by atoms with E-state index in [1.165, 1.54) is 0 Å². The zero-order valence-corrected chi connectivity index (χ0v) is 11.9. The van der Waals surface area contributed by atoms with Gasteiger partial charge in [0.25, 0.3) is 0 Å². The van der Waals surface area contributed by atoms with Crippen molar-refractivity contribution in [1.29, 1.82) is 0 Å². The first-order valence-electron chi connectivity index (χ1n) is 6.69. The maximum Gasteiger partial charge on any atom is 0.101 e. The van der Waals surface area contributed by atoms with Gasteiger partial charge in [-0.2, -0.15) is 0 Å². The van der Waals surface area contributed by atoms with Crippen molar-refractivity contribution in [3.8, 4) is 0 Å². The summed E-state index contributed by atoms with van der Waals surface area (Å²) in [5, 5.41) is 0. The van der Waals surface area contributed by atoms with Crippen LogP contribution in [-0.2, 0) is 4.75 Å². The normalized spacial score (nSPS) is 11.2. The Balaban J connectivity index is 2.24. The van der Waals surface area contributed by atoms with E-state index in [2.05, 4.69) is 36.4 Å². The van der Waals surface area contributed by atoms with Crippen LogP contribution < -0.4 is 0 Å². The van der Waals surface area contributed by atoms with Crippen LogP contribution in [-0.4, -0.2) is 0 Å². The van der Waals surface area contributed by atoms with Crippen LogP contribution in [0.3, 0.4) is 0 Å². The van der Waals surface area contributed by atoms with Crippen molar-refractivity contribution in [3.63, 3.8) is 0 Å². The van der Waals surface area contributed by atoms with Gasteiger partial charge in [0.2, 0.25) is 0 Å². The van der Waals surface area contributed by atoms with Gasteiger partial charge < -0.3 is 0 Å². The third-order valence-corrected chi connectivity index (χ3v) is 4.25. The molecule has 0 aliphatic rings. The molecule has 3 aromatic carbocycles. The molecule has 3 aromatic rings. The second-order valence-electron chi connectivity index (χ2n) is 4.78. The molecule has 1 heteroatoms. The molecule has 3 rings (SSSR count). The Kier molecular flexibility index (Phi) is 3.62. The fraction of sp³-hybridized carbons (Fsp3) is 0.0526.